The molecule has 0 saturated carbocycles. The van der Waals surface area contributed by atoms with Gasteiger partial charge in [0.25, 0.3) is 0 Å². The van der Waals surface area contributed by atoms with Gasteiger partial charge in [-0.25, -0.2) is 0 Å². The van der Waals surface area contributed by atoms with Crippen LogP contribution in [0.1, 0.15) is 36.0 Å². The maximum atomic E-state index is 12.3. The standard InChI is InChI=1S/C22H27NO2/c1-23(16-21-15-19-12-6-7-13-20(19)17-25-21)22(24)14-8-5-11-18-9-3-2-4-10-18/h2-4,6-7,9-10,12-13,21H,5,8,11,14-17H2,1H3. The van der Waals surface area contributed by atoms with Crippen molar-refractivity contribution in [1.82, 2.24) is 4.90 Å². The van der Waals surface area contributed by atoms with Gasteiger partial charge in [0.05, 0.1) is 12.7 Å². The second-order valence-electron chi connectivity index (χ2n) is 6.87. The lowest BCUT2D eigenvalue weighted by Crippen LogP contribution is -2.38. The average Bonchev–Trinajstić information content (AvgIpc) is 2.65. The van der Waals surface area contributed by atoms with Crippen molar-refractivity contribution in [1.29, 1.82) is 0 Å². The van der Waals surface area contributed by atoms with Gasteiger partial charge in [-0.3, -0.25) is 4.79 Å². The molecule has 2 aromatic rings. The van der Waals surface area contributed by atoms with E-state index in [0.717, 1.165) is 25.7 Å². The summed E-state index contributed by atoms with van der Waals surface area (Å²) in [6.45, 7) is 1.33. The normalized spacial score (nSPS) is 16.3. The van der Waals surface area contributed by atoms with Crippen molar-refractivity contribution >= 4 is 5.91 Å². The number of unbranched alkanes of at least 4 members (excludes halogenated alkanes) is 1. The smallest absolute Gasteiger partial charge is 0.222 e. The van der Waals surface area contributed by atoms with Crippen molar-refractivity contribution in [3.8, 4) is 0 Å². The molecule has 0 radical (unpaired) electrons. The van der Waals surface area contributed by atoms with Crippen LogP contribution in [0.4, 0.5) is 0 Å². The van der Waals surface area contributed by atoms with E-state index in [4.69, 9.17) is 4.74 Å². The highest BCUT2D eigenvalue weighted by atomic mass is 16.5. The SMILES string of the molecule is CN(CC1Cc2ccccc2CO1)C(=O)CCCCc1ccccc1. The summed E-state index contributed by atoms with van der Waals surface area (Å²) in [5, 5.41) is 0. The van der Waals surface area contributed by atoms with Crippen LogP contribution in [0.15, 0.2) is 54.6 Å². The maximum Gasteiger partial charge on any atom is 0.222 e. The highest BCUT2D eigenvalue weighted by Crippen LogP contribution is 2.21. The second-order valence-corrected chi connectivity index (χ2v) is 6.87. The number of carbonyl (C=O) groups excluding carboxylic acids is 1. The van der Waals surface area contributed by atoms with E-state index in [9.17, 15) is 4.79 Å². The molecule has 3 nitrogen and oxygen atoms in total. The lowest BCUT2D eigenvalue weighted by atomic mass is 9.99. The van der Waals surface area contributed by atoms with Crippen LogP contribution in [-0.4, -0.2) is 30.5 Å². The Morgan fingerprint density at radius 1 is 1.04 bits per heavy atom. The Morgan fingerprint density at radius 2 is 1.76 bits per heavy atom. The Hall–Kier alpha value is -2.13. The molecule has 0 fully saturated rings. The molecule has 1 amide bonds. The number of amides is 1. The number of nitrogens with zero attached hydrogens (tertiary/aromatic N) is 1. The van der Waals surface area contributed by atoms with Gasteiger partial charge in [0.2, 0.25) is 5.91 Å². The molecule has 25 heavy (non-hydrogen) atoms. The topological polar surface area (TPSA) is 29.5 Å². The lowest BCUT2D eigenvalue weighted by molar-refractivity contribution is -0.132. The van der Waals surface area contributed by atoms with E-state index in [0.29, 0.717) is 19.6 Å². The Labute approximate surface area is 150 Å². The first-order chi connectivity index (χ1) is 12.2. The first-order valence-corrected chi connectivity index (χ1v) is 9.18. The monoisotopic (exact) mass is 337 g/mol. The van der Waals surface area contributed by atoms with Crippen LogP contribution in [0.3, 0.4) is 0 Å². The minimum atomic E-state index is 0.105. The number of rotatable bonds is 7. The van der Waals surface area contributed by atoms with E-state index in [1.165, 1.54) is 16.7 Å². The molecule has 1 heterocycles. The van der Waals surface area contributed by atoms with Crippen LogP contribution in [0.5, 0.6) is 0 Å². The van der Waals surface area contributed by atoms with Crippen molar-refractivity contribution in [3.63, 3.8) is 0 Å². The number of carbonyl (C=O) groups is 1. The molecule has 0 aromatic heterocycles. The van der Waals surface area contributed by atoms with Gasteiger partial charge in [0.15, 0.2) is 0 Å². The molecule has 3 rings (SSSR count). The minimum absolute atomic E-state index is 0.105. The quantitative estimate of drug-likeness (QED) is 0.715. The molecule has 0 aliphatic carbocycles. The summed E-state index contributed by atoms with van der Waals surface area (Å²) in [6, 6.07) is 18.9. The third kappa shape index (κ3) is 5.17. The first-order valence-electron chi connectivity index (χ1n) is 9.18. The van der Waals surface area contributed by atoms with E-state index in [2.05, 4.69) is 42.5 Å². The highest BCUT2D eigenvalue weighted by Gasteiger charge is 2.21. The van der Waals surface area contributed by atoms with Crippen LogP contribution in [0.2, 0.25) is 0 Å². The molecule has 2 aromatic carbocycles. The number of hydrogen-bond acceptors (Lipinski definition) is 2. The van der Waals surface area contributed by atoms with Crippen molar-refractivity contribution in [2.45, 2.75) is 44.8 Å². The van der Waals surface area contributed by atoms with Gasteiger partial charge in [-0.1, -0.05) is 54.6 Å². The van der Waals surface area contributed by atoms with Crippen LogP contribution in [-0.2, 0) is 29.0 Å². The maximum absolute atomic E-state index is 12.3. The fourth-order valence-corrected chi connectivity index (χ4v) is 3.37. The largest absolute Gasteiger partial charge is 0.371 e. The summed E-state index contributed by atoms with van der Waals surface area (Å²) in [7, 11) is 1.89. The zero-order chi connectivity index (χ0) is 17.5. The number of benzene rings is 2. The molecule has 1 aliphatic heterocycles. The molecule has 0 bridgehead atoms. The fourth-order valence-electron chi connectivity index (χ4n) is 3.37. The zero-order valence-electron chi connectivity index (χ0n) is 15.0. The van der Waals surface area contributed by atoms with E-state index < -0.39 is 0 Å². The van der Waals surface area contributed by atoms with Gasteiger partial charge in [0, 0.05) is 26.4 Å². The Bertz CT molecular complexity index is 683. The van der Waals surface area contributed by atoms with Gasteiger partial charge >= 0.3 is 0 Å². The van der Waals surface area contributed by atoms with E-state index in [1.807, 2.05) is 24.1 Å². The number of hydrogen-bond donors (Lipinski definition) is 0. The number of aryl methyl sites for hydroxylation is 1. The fraction of sp³-hybridized carbons (Fsp3) is 0.409. The third-order valence-corrected chi connectivity index (χ3v) is 4.89. The summed E-state index contributed by atoms with van der Waals surface area (Å²) in [6.07, 6.45) is 4.64. The van der Waals surface area contributed by atoms with Crippen LogP contribution in [0, 0.1) is 0 Å². The minimum Gasteiger partial charge on any atom is -0.371 e. The van der Waals surface area contributed by atoms with E-state index in [1.54, 1.807) is 0 Å². The van der Waals surface area contributed by atoms with Gasteiger partial charge in [-0.15, -0.1) is 0 Å². The number of ether oxygens (including phenoxy) is 1. The highest BCUT2D eigenvalue weighted by molar-refractivity contribution is 5.75. The molecule has 1 atom stereocenters. The van der Waals surface area contributed by atoms with Crippen molar-refractivity contribution in [3.05, 3.63) is 71.3 Å². The van der Waals surface area contributed by atoms with Gasteiger partial charge in [-0.05, 0) is 36.0 Å². The predicted molar refractivity (Wildman–Crippen MR) is 100 cm³/mol. The van der Waals surface area contributed by atoms with Gasteiger partial charge in [-0.2, -0.15) is 0 Å². The molecule has 132 valence electrons. The van der Waals surface area contributed by atoms with Crippen LogP contribution < -0.4 is 0 Å². The Balaban J connectivity index is 1.38. The lowest BCUT2D eigenvalue weighted by Gasteiger charge is -2.29. The molecule has 3 heteroatoms. The van der Waals surface area contributed by atoms with E-state index in [-0.39, 0.29) is 12.0 Å². The van der Waals surface area contributed by atoms with Crippen molar-refractivity contribution in [2.75, 3.05) is 13.6 Å². The molecule has 0 saturated heterocycles. The van der Waals surface area contributed by atoms with Gasteiger partial charge in [0.1, 0.15) is 0 Å². The number of likely N-dealkylation sites (N-methyl/N-ethyl adjacent to an activating group) is 1. The molecular weight excluding hydrogens is 310 g/mol. The summed E-state index contributed by atoms with van der Waals surface area (Å²) in [4.78, 5) is 14.2. The first kappa shape index (κ1) is 17.7. The Morgan fingerprint density at radius 3 is 2.56 bits per heavy atom. The molecule has 1 aliphatic rings. The summed E-state index contributed by atoms with van der Waals surface area (Å²) < 4.78 is 5.91. The summed E-state index contributed by atoms with van der Waals surface area (Å²) in [5.41, 5.74) is 3.97. The molecule has 1 unspecified atom stereocenters. The van der Waals surface area contributed by atoms with E-state index >= 15 is 0 Å². The summed E-state index contributed by atoms with van der Waals surface area (Å²) in [5.74, 6) is 0.218. The molecular formula is C22H27NO2. The van der Waals surface area contributed by atoms with Crippen LogP contribution in [0.25, 0.3) is 0 Å². The third-order valence-electron chi connectivity index (χ3n) is 4.89. The number of fused-ring (bicyclic) bond motifs is 1. The van der Waals surface area contributed by atoms with Crippen molar-refractivity contribution < 1.29 is 9.53 Å². The predicted octanol–water partition coefficient (Wildman–Crippen LogP) is 4.00. The molecule has 0 N–H and O–H groups in total. The summed E-state index contributed by atoms with van der Waals surface area (Å²) >= 11 is 0. The molecule has 0 spiro atoms. The van der Waals surface area contributed by atoms with Crippen molar-refractivity contribution in [2.24, 2.45) is 0 Å². The van der Waals surface area contributed by atoms with Crippen LogP contribution >= 0.6 is 0 Å². The zero-order valence-corrected chi connectivity index (χ0v) is 15.0. The second kappa shape index (κ2) is 8.82. The average molecular weight is 337 g/mol. The Kier molecular flexibility index (Phi) is 6.24. The van der Waals surface area contributed by atoms with Gasteiger partial charge < -0.3 is 9.64 Å².